The smallest absolute Gasteiger partial charge is 0.271 e. The van der Waals surface area contributed by atoms with Gasteiger partial charge in [-0.2, -0.15) is 0 Å². The highest BCUT2D eigenvalue weighted by molar-refractivity contribution is 5.91. The molecule has 1 aromatic rings. The second-order valence-electron chi connectivity index (χ2n) is 6.05. The summed E-state index contributed by atoms with van der Waals surface area (Å²) in [5, 5.41) is 3.04. The van der Waals surface area contributed by atoms with E-state index in [1.165, 1.54) is 6.20 Å². The topological polar surface area (TPSA) is 67.4 Å². The molecule has 0 spiro atoms. The van der Waals surface area contributed by atoms with Crippen LogP contribution in [0.15, 0.2) is 12.4 Å². The Morgan fingerprint density at radius 2 is 1.96 bits per heavy atom. The minimum atomic E-state index is -0.151. The Balaban J connectivity index is 1.99. The first-order chi connectivity index (χ1) is 11.2. The highest BCUT2D eigenvalue weighted by atomic mass is 16.5. The lowest BCUT2D eigenvalue weighted by Crippen LogP contribution is -2.52. The summed E-state index contributed by atoms with van der Waals surface area (Å²) in [6.45, 7) is 10.3. The van der Waals surface area contributed by atoms with Gasteiger partial charge in [0.15, 0.2) is 0 Å². The monoisotopic (exact) mass is 320 g/mol. The molecule has 0 saturated carbocycles. The Morgan fingerprint density at radius 1 is 1.26 bits per heavy atom. The van der Waals surface area contributed by atoms with Gasteiger partial charge in [0.2, 0.25) is 0 Å². The lowest BCUT2D eigenvalue weighted by Gasteiger charge is -2.38. The van der Waals surface area contributed by atoms with Gasteiger partial charge in [0.05, 0.1) is 25.1 Å². The molecule has 1 aliphatic heterocycles. The molecule has 1 aliphatic rings. The number of aryl methyl sites for hydroxylation is 1. The van der Waals surface area contributed by atoms with Crippen LogP contribution in [0.3, 0.4) is 0 Å². The number of hydrogen-bond donors (Lipinski definition) is 1. The zero-order chi connectivity index (χ0) is 16.7. The third-order valence-electron chi connectivity index (χ3n) is 4.59. The maximum Gasteiger partial charge on any atom is 0.271 e. The number of rotatable bonds is 7. The summed E-state index contributed by atoms with van der Waals surface area (Å²) >= 11 is 0. The van der Waals surface area contributed by atoms with Crippen molar-refractivity contribution < 1.29 is 9.53 Å². The van der Waals surface area contributed by atoms with Crippen LogP contribution in [0.25, 0.3) is 0 Å². The largest absolute Gasteiger partial charge is 0.379 e. The quantitative estimate of drug-likeness (QED) is 0.827. The molecular weight excluding hydrogens is 292 g/mol. The van der Waals surface area contributed by atoms with E-state index in [-0.39, 0.29) is 5.91 Å². The summed E-state index contributed by atoms with van der Waals surface area (Å²) in [5.74, 6) is 0.416. The number of morpholine rings is 1. The average molecular weight is 320 g/mol. The normalized spacial score (nSPS) is 17.2. The molecule has 1 atom stereocenters. The maximum absolute atomic E-state index is 12.3. The molecular formula is C17H28N4O2. The van der Waals surface area contributed by atoms with Crippen LogP contribution in [0.1, 0.15) is 42.9 Å². The summed E-state index contributed by atoms with van der Waals surface area (Å²) in [6, 6.07) is 0.344. The Labute approximate surface area is 138 Å². The van der Waals surface area contributed by atoms with E-state index in [4.69, 9.17) is 4.74 Å². The van der Waals surface area contributed by atoms with Gasteiger partial charge in [-0.3, -0.25) is 14.7 Å². The predicted molar refractivity (Wildman–Crippen MR) is 89.4 cm³/mol. The van der Waals surface area contributed by atoms with Crippen molar-refractivity contribution in [2.24, 2.45) is 5.92 Å². The number of amides is 1. The first kappa shape index (κ1) is 17.8. The summed E-state index contributed by atoms with van der Waals surface area (Å²) in [7, 11) is 0. The lowest BCUT2D eigenvalue weighted by molar-refractivity contribution is 0.00190. The van der Waals surface area contributed by atoms with Crippen LogP contribution in [0.2, 0.25) is 0 Å². The molecule has 128 valence electrons. The molecule has 6 heteroatoms. The molecule has 0 bridgehead atoms. The van der Waals surface area contributed by atoms with Gasteiger partial charge in [0.25, 0.3) is 5.91 Å². The Bertz CT molecular complexity index is 482. The summed E-state index contributed by atoms with van der Waals surface area (Å²) in [6.07, 6.45) is 5.37. The Kier molecular flexibility index (Phi) is 6.92. The van der Waals surface area contributed by atoms with Crippen molar-refractivity contribution in [1.82, 2.24) is 20.2 Å². The van der Waals surface area contributed by atoms with E-state index in [1.807, 2.05) is 6.92 Å². The van der Waals surface area contributed by atoms with Crippen molar-refractivity contribution in [2.45, 2.75) is 39.7 Å². The molecule has 0 aromatic carbocycles. The molecule has 1 amide bonds. The average Bonchev–Trinajstić information content (AvgIpc) is 2.59. The third-order valence-corrected chi connectivity index (χ3v) is 4.59. The van der Waals surface area contributed by atoms with E-state index in [1.54, 1.807) is 6.20 Å². The fourth-order valence-corrected chi connectivity index (χ4v) is 3.13. The second kappa shape index (κ2) is 8.93. The van der Waals surface area contributed by atoms with Crippen LogP contribution in [-0.2, 0) is 4.74 Å². The SMILES string of the molecule is CCC(CC)C(CNC(=O)c1cnc(C)cn1)N1CCOCC1. The summed E-state index contributed by atoms with van der Waals surface area (Å²) in [4.78, 5) is 23.0. The third kappa shape index (κ3) is 4.97. The van der Waals surface area contributed by atoms with Crippen molar-refractivity contribution in [2.75, 3.05) is 32.8 Å². The number of nitrogens with one attached hydrogen (secondary N) is 1. The van der Waals surface area contributed by atoms with E-state index < -0.39 is 0 Å². The van der Waals surface area contributed by atoms with Gasteiger partial charge in [-0.05, 0) is 12.8 Å². The zero-order valence-electron chi connectivity index (χ0n) is 14.4. The fourth-order valence-electron chi connectivity index (χ4n) is 3.13. The molecule has 2 heterocycles. The molecule has 1 N–H and O–H groups in total. The van der Waals surface area contributed by atoms with Crippen molar-refractivity contribution >= 4 is 5.91 Å². The molecule has 1 fully saturated rings. The van der Waals surface area contributed by atoms with Crippen LogP contribution in [0.4, 0.5) is 0 Å². The fraction of sp³-hybridized carbons (Fsp3) is 0.706. The zero-order valence-corrected chi connectivity index (χ0v) is 14.4. The van der Waals surface area contributed by atoms with Crippen LogP contribution in [0, 0.1) is 12.8 Å². The number of nitrogens with zero attached hydrogens (tertiary/aromatic N) is 3. The number of hydrogen-bond acceptors (Lipinski definition) is 5. The standard InChI is InChI=1S/C17H28N4O2/c1-4-14(5-2)16(21-6-8-23-9-7-21)12-20-17(22)15-11-18-13(3)10-19-15/h10-11,14,16H,4-9,12H2,1-3H3,(H,20,22). The lowest BCUT2D eigenvalue weighted by atomic mass is 9.92. The number of aromatic nitrogens is 2. The van der Waals surface area contributed by atoms with Crippen molar-refractivity contribution in [1.29, 1.82) is 0 Å². The molecule has 6 nitrogen and oxygen atoms in total. The first-order valence-corrected chi connectivity index (χ1v) is 8.54. The summed E-state index contributed by atoms with van der Waals surface area (Å²) < 4.78 is 5.46. The van der Waals surface area contributed by atoms with Gasteiger partial charge in [-0.25, -0.2) is 4.98 Å². The number of carbonyl (C=O) groups excluding carboxylic acids is 1. The Morgan fingerprint density at radius 3 is 2.52 bits per heavy atom. The van der Waals surface area contributed by atoms with E-state index in [9.17, 15) is 4.79 Å². The molecule has 1 saturated heterocycles. The molecule has 1 aromatic heterocycles. The van der Waals surface area contributed by atoms with E-state index >= 15 is 0 Å². The maximum atomic E-state index is 12.3. The van der Waals surface area contributed by atoms with Crippen molar-refractivity contribution in [3.8, 4) is 0 Å². The van der Waals surface area contributed by atoms with Gasteiger partial charge < -0.3 is 10.1 Å². The number of carbonyl (C=O) groups is 1. The summed E-state index contributed by atoms with van der Waals surface area (Å²) in [5.41, 5.74) is 1.19. The number of ether oxygens (including phenoxy) is 1. The van der Waals surface area contributed by atoms with Gasteiger partial charge in [0.1, 0.15) is 5.69 Å². The highest BCUT2D eigenvalue weighted by Gasteiger charge is 2.27. The van der Waals surface area contributed by atoms with Gasteiger partial charge in [0, 0.05) is 31.9 Å². The van der Waals surface area contributed by atoms with Crippen LogP contribution in [-0.4, -0.2) is 59.7 Å². The molecule has 0 radical (unpaired) electrons. The van der Waals surface area contributed by atoms with E-state index in [0.29, 0.717) is 24.2 Å². The van der Waals surface area contributed by atoms with E-state index in [0.717, 1.165) is 44.8 Å². The minimum absolute atomic E-state index is 0.151. The molecule has 2 rings (SSSR count). The molecule has 1 unspecified atom stereocenters. The first-order valence-electron chi connectivity index (χ1n) is 8.54. The molecule has 23 heavy (non-hydrogen) atoms. The van der Waals surface area contributed by atoms with Gasteiger partial charge in [-0.15, -0.1) is 0 Å². The van der Waals surface area contributed by atoms with Crippen LogP contribution < -0.4 is 5.32 Å². The second-order valence-corrected chi connectivity index (χ2v) is 6.05. The van der Waals surface area contributed by atoms with Crippen molar-refractivity contribution in [3.05, 3.63) is 23.8 Å². The van der Waals surface area contributed by atoms with Gasteiger partial charge in [-0.1, -0.05) is 26.7 Å². The molecule has 0 aliphatic carbocycles. The van der Waals surface area contributed by atoms with Crippen molar-refractivity contribution in [3.63, 3.8) is 0 Å². The highest BCUT2D eigenvalue weighted by Crippen LogP contribution is 2.19. The van der Waals surface area contributed by atoms with E-state index in [2.05, 4.69) is 34.0 Å². The predicted octanol–water partition coefficient (Wildman–Crippen LogP) is 1.65. The van der Waals surface area contributed by atoms with Crippen LogP contribution >= 0.6 is 0 Å². The van der Waals surface area contributed by atoms with Gasteiger partial charge >= 0.3 is 0 Å². The van der Waals surface area contributed by atoms with Crippen LogP contribution in [0.5, 0.6) is 0 Å². The minimum Gasteiger partial charge on any atom is -0.379 e. The Hall–Kier alpha value is -1.53.